The maximum atomic E-state index is 12.1. The lowest BCUT2D eigenvalue weighted by Gasteiger charge is -2.30. The number of piperidine rings is 1. The van der Waals surface area contributed by atoms with Gasteiger partial charge in [0.1, 0.15) is 0 Å². The van der Waals surface area contributed by atoms with Gasteiger partial charge in [0.05, 0.1) is 12.5 Å². The van der Waals surface area contributed by atoms with Crippen LogP contribution in [0.15, 0.2) is 0 Å². The second-order valence-corrected chi connectivity index (χ2v) is 5.14. The van der Waals surface area contributed by atoms with Crippen LogP contribution in [0.1, 0.15) is 46.0 Å². The van der Waals surface area contributed by atoms with Crippen molar-refractivity contribution in [1.82, 2.24) is 10.6 Å². The lowest BCUT2D eigenvalue weighted by Crippen LogP contribution is -2.53. The Labute approximate surface area is 108 Å². The molecule has 0 aromatic rings. The van der Waals surface area contributed by atoms with Crippen LogP contribution in [0, 0.1) is 5.92 Å². The van der Waals surface area contributed by atoms with Crippen molar-refractivity contribution in [3.63, 3.8) is 0 Å². The molecule has 0 aromatic heterocycles. The molecule has 1 aliphatic rings. The Morgan fingerprint density at radius 1 is 1.50 bits per heavy atom. The minimum Gasteiger partial charge on any atom is -0.481 e. The molecular formula is C13H24N2O3. The molecule has 1 rings (SSSR count). The molecule has 0 bridgehead atoms. The molecule has 5 nitrogen and oxygen atoms in total. The minimum absolute atomic E-state index is 0.000676. The van der Waals surface area contributed by atoms with Gasteiger partial charge in [-0.15, -0.1) is 0 Å². The predicted octanol–water partition coefficient (Wildman–Crippen LogP) is 1.13. The van der Waals surface area contributed by atoms with E-state index in [1.54, 1.807) is 0 Å². The van der Waals surface area contributed by atoms with E-state index in [1.807, 2.05) is 6.92 Å². The first-order chi connectivity index (χ1) is 8.54. The molecule has 1 fully saturated rings. The molecule has 1 heterocycles. The SMILES string of the molecule is CCCC(CC(=O)O)NC(=O)C1NCCCC1C. The largest absolute Gasteiger partial charge is 0.481 e. The summed E-state index contributed by atoms with van der Waals surface area (Å²) in [6, 6.07) is -0.428. The lowest BCUT2D eigenvalue weighted by atomic mass is 9.92. The third-order valence-corrected chi connectivity index (χ3v) is 3.46. The van der Waals surface area contributed by atoms with E-state index in [1.165, 1.54) is 0 Å². The van der Waals surface area contributed by atoms with Crippen molar-refractivity contribution in [2.24, 2.45) is 5.92 Å². The second kappa shape index (κ2) is 7.36. The lowest BCUT2D eigenvalue weighted by molar-refractivity contribution is -0.137. The zero-order valence-corrected chi connectivity index (χ0v) is 11.2. The summed E-state index contributed by atoms with van der Waals surface area (Å²) in [4.78, 5) is 22.8. The fraction of sp³-hybridized carbons (Fsp3) is 0.846. The maximum absolute atomic E-state index is 12.1. The van der Waals surface area contributed by atoms with Crippen LogP contribution in [-0.4, -0.2) is 35.6 Å². The van der Waals surface area contributed by atoms with Crippen LogP contribution in [-0.2, 0) is 9.59 Å². The summed E-state index contributed by atoms with van der Waals surface area (Å²) in [6.45, 7) is 4.91. The third-order valence-electron chi connectivity index (χ3n) is 3.46. The van der Waals surface area contributed by atoms with E-state index >= 15 is 0 Å². The van der Waals surface area contributed by atoms with E-state index < -0.39 is 5.97 Å². The summed E-state index contributed by atoms with van der Waals surface area (Å²) in [5.41, 5.74) is 0. The first-order valence-electron chi connectivity index (χ1n) is 6.80. The zero-order valence-electron chi connectivity index (χ0n) is 11.2. The van der Waals surface area contributed by atoms with Gasteiger partial charge in [-0.25, -0.2) is 0 Å². The highest BCUT2D eigenvalue weighted by atomic mass is 16.4. The Morgan fingerprint density at radius 2 is 2.22 bits per heavy atom. The number of carboxylic acid groups (broad SMARTS) is 1. The summed E-state index contributed by atoms with van der Waals surface area (Å²) < 4.78 is 0. The standard InChI is InChI=1S/C13H24N2O3/c1-3-5-10(8-11(16)17)15-13(18)12-9(2)6-4-7-14-12/h9-10,12,14H,3-8H2,1-2H3,(H,15,18)(H,16,17). The number of carboxylic acids is 1. The van der Waals surface area contributed by atoms with E-state index in [-0.39, 0.29) is 24.4 Å². The smallest absolute Gasteiger partial charge is 0.305 e. The quantitative estimate of drug-likeness (QED) is 0.666. The van der Waals surface area contributed by atoms with E-state index in [4.69, 9.17) is 5.11 Å². The molecular weight excluding hydrogens is 232 g/mol. The highest BCUT2D eigenvalue weighted by Crippen LogP contribution is 2.16. The molecule has 3 unspecified atom stereocenters. The van der Waals surface area contributed by atoms with Crippen LogP contribution in [0.2, 0.25) is 0 Å². The van der Waals surface area contributed by atoms with Gasteiger partial charge < -0.3 is 15.7 Å². The number of nitrogens with one attached hydrogen (secondary N) is 2. The first kappa shape index (κ1) is 15.0. The summed E-state index contributed by atoms with van der Waals surface area (Å²) in [6.07, 6.45) is 3.71. The van der Waals surface area contributed by atoms with E-state index in [2.05, 4.69) is 17.6 Å². The van der Waals surface area contributed by atoms with Crippen molar-refractivity contribution in [1.29, 1.82) is 0 Å². The number of amides is 1. The van der Waals surface area contributed by atoms with Crippen molar-refractivity contribution < 1.29 is 14.7 Å². The van der Waals surface area contributed by atoms with Gasteiger partial charge in [-0.1, -0.05) is 20.3 Å². The predicted molar refractivity (Wildman–Crippen MR) is 69.3 cm³/mol. The van der Waals surface area contributed by atoms with Crippen LogP contribution < -0.4 is 10.6 Å². The fourth-order valence-corrected chi connectivity index (χ4v) is 2.48. The average Bonchev–Trinajstić information content (AvgIpc) is 2.28. The number of rotatable bonds is 6. The third kappa shape index (κ3) is 4.64. The Bertz CT molecular complexity index is 294. The number of carbonyl (C=O) groups is 2. The van der Waals surface area contributed by atoms with Crippen molar-refractivity contribution in [3.8, 4) is 0 Å². The van der Waals surface area contributed by atoms with Gasteiger partial charge in [0, 0.05) is 6.04 Å². The first-order valence-corrected chi connectivity index (χ1v) is 6.80. The van der Waals surface area contributed by atoms with Crippen molar-refractivity contribution >= 4 is 11.9 Å². The Balaban J connectivity index is 2.51. The van der Waals surface area contributed by atoms with Gasteiger partial charge in [0.25, 0.3) is 0 Å². The van der Waals surface area contributed by atoms with Crippen molar-refractivity contribution in [3.05, 3.63) is 0 Å². The molecule has 0 spiro atoms. The van der Waals surface area contributed by atoms with Crippen LogP contribution in [0.5, 0.6) is 0 Å². The monoisotopic (exact) mass is 256 g/mol. The van der Waals surface area contributed by atoms with E-state index in [0.29, 0.717) is 12.3 Å². The molecule has 3 atom stereocenters. The molecule has 3 N–H and O–H groups in total. The van der Waals surface area contributed by atoms with Gasteiger partial charge in [0.15, 0.2) is 0 Å². The van der Waals surface area contributed by atoms with Gasteiger partial charge in [-0.05, 0) is 31.7 Å². The Hall–Kier alpha value is -1.10. The van der Waals surface area contributed by atoms with Gasteiger partial charge in [-0.3, -0.25) is 9.59 Å². The summed E-state index contributed by atoms with van der Waals surface area (Å²) in [5, 5.41) is 14.9. The average molecular weight is 256 g/mol. The highest BCUT2D eigenvalue weighted by molar-refractivity contribution is 5.83. The molecule has 0 saturated carbocycles. The van der Waals surface area contributed by atoms with E-state index in [0.717, 1.165) is 25.8 Å². The topological polar surface area (TPSA) is 78.4 Å². The van der Waals surface area contributed by atoms with Crippen LogP contribution in [0.3, 0.4) is 0 Å². The van der Waals surface area contributed by atoms with Crippen LogP contribution in [0.4, 0.5) is 0 Å². The van der Waals surface area contributed by atoms with Crippen LogP contribution in [0.25, 0.3) is 0 Å². The van der Waals surface area contributed by atoms with Crippen molar-refractivity contribution in [2.75, 3.05) is 6.54 Å². The van der Waals surface area contributed by atoms with Gasteiger partial charge >= 0.3 is 5.97 Å². The van der Waals surface area contributed by atoms with Gasteiger partial charge in [0.2, 0.25) is 5.91 Å². The zero-order chi connectivity index (χ0) is 13.5. The molecule has 5 heteroatoms. The number of hydrogen-bond donors (Lipinski definition) is 3. The Morgan fingerprint density at radius 3 is 2.78 bits per heavy atom. The number of carbonyl (C=O) groups excluding carboxylic acids is 1. The maximum Gasteiger partial charge on any atom is 0.305 e. The van der Waals surface area contributed by atoms with Crippen molar-refractivity contribution in [2.45, 2.75) is 58.0 Å². The fourth-order valence-electron chi connectivity index (χ4n) is 2.48. The Kier molecular flexibility index (Phi) is 6.12. The summed E-state index contributed by atoms with van der Waals surface area (Å²) in [7, 11) is 0. The molecule has 1 amide bonds. The molecule has 0 aliphatic carbocycles. The van der Waals surface area contributed by atoms with Crippen LogP contribution >= 0.6 is 0 Å². The minimum atomic E-state index is -0.863. The summed E-state index contributed by atoms with van der Waals surface area (Å²) in [5.74, 6) is -0.605. The summed E-state index contributed by atoms with van der Waals surface area (Å²) >= 11 is 0. The molecule has 18 heavy (non-hydrogen) atoms. The molecule has 1 saturated heterocycles. The van der Waals surface area contributed by atoms with Gasteiger partial charge in [-0.2, -0.15) is 0 Å². The van der Waals surface area contributed by atoms with E-state index in [9.17, 15) is 9.59 Å². The normalized spacial score (nSPS) is 25.4. The second-order valence-electron chi connectivity index (χ2n) is 5.14. The molecule has 0 aromatic carbocycles. The molecule has 0 radical (unpaired) electrons. The molecule has 1 aliphatic heterocycles. The number of hydrogen-bond acceptors (Lipinski definition) is 3. The highest BCUT2D eigenvalue weighted by Gasteiger charge is 2.28. The number of aliphatic carboxylic acids is 1. The molecule has 104 valence electrons.